The van der Waals surface area contributed by atoms with E-state index in [9.17, 15) is 0 Å². The second kappa shape index (κ2) is 3.85. The summed E-state index contributed by atoms with van der Waals surface area (Å²) in [5.41, 5.74) is 0. The van der Waals surface area contributed by atoms with Gasteiger partial charge in [0.1, 0.15) is 0 Å². The van der Waals surface area contributed by atoms with Gasteiger partial charge in [0.25, 0.3) is 0 Å². The van der Waals surface area contributed by atoms with Gasteiger partial charge in [-0.25, -0.2) is 0 Å². The Hall–Kier alpha value is -0.0800. The van der Waals surface area contributed by atoms with Gasteiger partial charge in [0.2, 0.25) is 0 Å². The van der Waals surface area contributed by atoms with Crippen LogP contribution in [0, 0.1) is 6.54 Å². The number of ether oxygens (including phenoxy) is 1. The Bertz CT molecular complexity index is 66.6. The average Bonchev–Trinajstić information content (AvgIpc) is 1.91. The lowest BCUT2D eigenvalue weighted by Crippen LogP contribution is -2.33. The minimum absolute atomic E-state index is 0.899. The molecule has 0 aliphatic carbocycles. The van der Waals surface area contributed by atoms with Crippen LogP contribution in [0.1, 0.15) is 13.3 Å². The van der Waals surface area contributed by atoms with Crippen LogP contribution in [0.5, 0.6) is 0 Å². The van der Waals surface area contributed by atoms with Crippen LogP contribution in [-0.4, -0.2) is 31.2 Å². The smallest absolute Gasteiger partial charge is 0.0594 e. The average molecular weight is 128 g/mol. The van der Waals surface area contributed by atoms with Crippen molar-refractivity contribution in [1.82, 2.24) is 4.90 Å². The summed E-state index contributed by atoms with van der Waals surface area (Å²) in [4.78, 5) is 2.32. The third-order valence-corrected chi connectivity index (χ3v) is 1.49. The maximum Gasteiger partial charge on any atom is 0.0594 e. The van der Waals surface area contributed by atoms with Crippen molar-refractivity contribution in [2.75, 3.05) is 26.3 Å². The third-order valence-electron chi connectivity index (χ3n) is 1.49. The van der Waals surface area contributed by atoms with E-state index < -0.39 is 0 Å². The summed E-state index contributed by atoms with van der Waals surface area (Å²) in [6.45, 7) is 8.35. The first-order chi connectivity index (χ1) is 4.43. The van der Waals surface area contributed by atoms with Gasteiger partial charge in [-0.1, -0.05) is 6.92 Å². The van der Waals surface area contributed by atoms with Gasteiger partial charge < -0.3 is 4.74 Å². The Kier molecular flexibility index (Phi) is 3.01. The first kappa shape index (κ1) is 7.03. The molecular weight excluding hydrogens is 114 g/mol. The van der Waals surface area contributed by atoms with Crippen molar-refractivity contribution >= 4 is 0 Å². The highest BCUT2D eigenvalue weighted by atomic mass is 16.5. The Labute approximate surface area is 56.8 Å². The van der Waals surface area contributed by atoms with E-state index in [2.05, 4.69) is 18.4 Å². The number of morpholine rings is 1. The number of rotatable bonds is 2. The third kappa shape index (κ3) is 2.33. The standard InChI is InChI=1S/C7H14NO/c1-2-3-8-4-6-9-7-5-8/h3H,2,4-7H2,1H3. The zero-order valence-electron chi connectivity index (χ0n) is 5.97. The van der Waals surface area contributed by atoms with E-state index in [0.29, 0.717) is 0 Å². The van der Waals surface area contributed by atoms with Crippen molar-refractivity contribution in [3.8, 4) is 0 Å². The van der Waals surface area contributed by atoms with Crippen molar-refractivity contribution in [2.45, 2.75) is 13.3 Å². The molecule has 1 radical (unpaired) electrons. The molecule has 0 unspecified atom stereocenters. The molecule has 0 N–H and O–H groups in total. The molecule has 0 spiro atoms. The van der Waals surface area contributed by atoms with Crippen LogP contribution < -0.4 is 0 Å². The highest BCUT2D eigenvalue weighted by Crippen LogP contribution is 2.00. The number of hydrogen-bond donors (Lipinski definition) is 0. The highest BCUT2D eigenvalue weighted by molar-refractivity contribution is 4.68. The van der Waals surface area contributed by atoms with Crippen LogP contribution in [0.4, 0.5) is 0 Å². The summed E-state index contributed by atoms with van der Waals surface area (Å²) < 4.78 is 5.18. The van der Waals surface area contributed by atoms with E-state index in [4.69, 9.17) is 4.74 Å². The van der Waals surface area contributed by atoms with Crippen molar-refractivity contribution < 1.29 is 4.74 Å². The molecule has 0 aromatic rings. The number of nitrogens with zero attached hydrogens (tertiary/aromatic N) is 1. The van der Waals surface area contributed by atoms with Crippen LogP contribution in [0.3, 0.4) is 0 Å². The van der Waals surface area contributed by atoms with E-state index >= 15 is 0 Å². The topological polar surface area (TPSA) is 12.5 Å². The lowest BCUT2D eigenvalue weighted by Gasteiger charge is -2.25. The van der Waals surface area contributed by atoms with Gasteiger partial charge in [0.05, 0.1) is 13.2 Å². The molecule has 0 amide bonds. The molecule has 1 heterocycles. The van der Waals surface area contributed by atoms with Gasteiger partial charge in [0, 0.05) is 19.6 Å². The molecular formula is C7H14NO. The van der Waals surface area contributed by atoms with Crippen molar-refractivity contribution in [1.29, 1.82) is 0 Å². The summed E-state index contributed by atoms with van der Waals surface area (Å²) in [6.07, 6.45) is 1.14. The quantitative estimate of drug-likeness (QED) is 0.547. The maximum atomic E-state index is 5.18. The molecule has 1 aliphatic heterocycles. The lowest BCUT2D eigenvalue weighted by molar-refractivity contribution is 0.0503. The van der Waals surface area contributed by atoms with Crippen molar-refractivity contribution in [3.63, 3.8) is 0 Å². The molecule has 0 atom stereocenters. The van der Waals surface area contributed by atoms with Gasteiger partial charge in [-0.3, -0.25) is 4.90 Å². The molecule has 2 heteroatoms. The SMILES string of the molecule is CC[CH]N1CCOCC1. The van der Waals surface area contributed by atoms with E-state index in [-0.39, 0.29) is 0 Å². The lowest BCUT2D eigenvalue weighted by atomic mass is 10.4. The fourth-order valence-electron chi connectivity index (χ4n) is 1.02. The van der Waals surface area contributed by atoms with Crippen LogP contribution in [0.25, 0.3) is 0 Å². The Balaban J connectivity index is 2.08. The van der Waals surface area contributed by atoms with Gasteiger partial charge in [-0.05, 0) is 6.42 Å². The van der Waals surface area contributed by atoms with E-state index in [1.165, 1.54) is 0 Å². The molecule has 0 bridgehead atoms. The zero-order valence-corrected chi connectivity index (χ0v) is 5.97. The van der Waals surface area contributed by atoms with E-state index in [1.807, 2.05) is 0 Å². The molecule has 53 valence electrons. The van der Waals surface area contributed by atoms with Gasteiger partial charge in [0.15, 0.2) is 0 Å². The molecule has 1 fully saturated rings. The van der Waals surface area contributed by atoms with Crippen molar-refractivity contribution in [3.05, 3.63) is 6.54 Å². The number of hydrogen-bond acceptors (Lipinski definition) is 2. The molecule has 0 saturated carbocycles. The fourth-order valence-corrected chi connectivity index (χ4v) is 1.02. The molecule has 2 nitrogen and oxygen atoms in total. The van der Waals surface area contributed by atoms with Gasteiger partial charge in [-0.2, -0.15) is 0 Å². The second-order valence-electron chi connectivity index (χ2n) is 2.24. The summed E-state index contributed by atoms with van der Waals surface area (Å²) in [7, 11) is 0. The monoisotopic (exact) mass is 128 g/mol. The van der Waals surface area contributed by atoms with Crippen LogP contribution in [0.2, 0.25) is 0 Å². The predicted octanol–water partition coefficient (Wildman–Crippen LogP) is 0.890. The fraction of sp³-hybridized carbons (Fsp3) is 0.857. The van der Waals surface area contributed by atoms with Crippen molar-refractivity contribution in [2.24, 2.45) is 0 Å². The summed E-state index contributed by atoms with van der Waals surface area (Å²) in [5, 5.41) is 0. The largest absolute Gasteiger partial charge is 0.379 e. The first-order valence-corrected chi connectivity index (χ1v) is 3.58. The van der Waals surface area contributed by atoms with E-state index in [1.54, 1.807) is 0 Å². The highest BCUT2D eigenvalue weighted by Gasteiger charge is 2.07. The Morgan fingerprint density at radius 1 is 1.44 bits per heavy atom. The predicted molar refractivity (Wildman–Crippen MR) is 37.0 cm³/mol. The summed E-state index contributed by atoms with van der Waals surface area (Å²) in [5.74, 6) is 0. The molecule has 0 aromatic heterocycles. The molecule has 1 aliphatic rings. The zero-order chi connectivity index (χ0) is 6.53. The molecule has 9 heavy (non-hydrogen) atoms. The van der Waals surface area contributed by atoms with Gasteiger partial charge >= 0.3 is 0 Å². The normalized spacial score (nSPS) is 22.3. The first-order valence-electron chi connectivity index (χ1n) is 3.58. The second-order valence-corrected chi connectivity index (χ2v) is 2.24. The van der Waals surface area contributed by atoms with Crippen LogP contribution in [-0.2, 0) is 4.74 Å². The minimum Gasteiger partial charge on any atom is -0.379 e. The minimum atomic E-state index is 0.899. The maximum absolute atomic E-state index is 5.18. The van der Waals surface area contributed by atoms with E-state index in [0.717, 1.165) is 32.7 Å². The summed E-state index contributed by atoms with van der Waals surface area (Å²) >= 11 is 0. The molecule has 1 rings (SSSR count). The van der Waals surface area contributed by atoms with Crippen LogP contribution >= 0.6 is 0 Å². The molecule has 0 aromatic carbocycles. The van der Waals surface area contributed by atoms with Gasteiger partial charge in [-0.15, -0.1) is 0 Å². The molecule has 1 saturated heterocycles. The Morgan fingerprint density at radius 2 is 2.11 bits per heavy atom. The van der Waals surface area contributed by atoms with Crippen LogP contribution in [0.15, 0.2) is 0 Å². The Morgan fingerprint density at radius 3 is 2.67 bits per heavy atom. The summed E-state index contributed by atoms with van der Waals surface area (Å²) in [6, 6.07) is 0.